The molecule has 0 fully saturated rings. The second-order valence-corrected chi connectivity index (χ2v) is 5.05. The highest BCUT2D eigenvalue weighted by Crippen LogP contribution is 2.22. The Balaban J connectivity index is 2.25. The number of nitrogens with zero attached hydrogens (tertiary/aromatic N) is 2. The van der Waals surface area contributed by atoms with Gasteiger partial charge in [-0.3, -0.25) is 9.48 Å². The number of rotatable bonds is 3. The van der Waals surface area contributed by atoms with E-state index in [2.05, 4.69) is 26.3 Å². The summed E-state index contributed by atoms with van der Waals surface area (Å²) in [6, 6.07) is 5.67. The van der Waals surface area contributed by atoms with E-state index >= 15 is 0 Å². The van der Waals surface area contributed by atoms with Crippen molar-refractivity contribution < 1.29 is 9.53 Å². The zero-order valence-corrected chi connectivity index (χ0v) is 12.5. The van der Waals surface area contributed by atoms with E-state index in [1.54, 1.807) is 17.9 Å². The van der Waals surface area contributed by atoms with Gasteiger partial charge in [-0.25, -0.2) is 0 Å². The molecule has 0 bridgehead atoms. The van der Waals surface area contributed by atoms with E-state index in [1.165, 1.54) is 7.11 Å². The van der Waals surface area contributed by atoms with Crippen LogP contribution in [0.5, 0.6) is 5.88 Å². The van der Waals surface area contributed by atoms with Crippen LogP contribution in [0.4, 0.5) is 5.69 Å². The fraction of sp³-hybridized carbons (Fsp3) is 0.231. The van der Waals surface area contributed by atoms with Gasteiger partial charge in [-0.15, -0.1) is 5.10 Å². The van der Waals surface area contributed by atoms with Gasteiger partial charge in [0.1, 0.15) is 5.56 Å². The lowest BCUT2D eigenvalue weighted by Crippen LogP contribution is -2.13. The number of ether oxygens (including phenoxy) is 1. The Labute approximate surface area is 119 Å². The predicted octanol–water partition coefficient (Wildman–Crippen LogP) is 2.75. The van der Waals surface area contributed by atoms with Crippen molar-refractivity contribution in [1.82, 2.24) is 9.78 Å². The molecule has 2 aromatic rings. The molecule has 1 aromatic carbocycles. The molecule has 1 heterocycles. The van der Waals surface area contributed by atoms with E-state index in [-0.39, 0.29) is 5.91 Å². The van der Waals surface area contributed by atoms with Crippen LogP contribution < -0.4 is 10.1 Å². The maximum absolute atomic E-state index is 12.2. The van der Waals surface area contributed by atoms with Crippen molar-refractivity contribution in [2.45, 2.75) is 6.92 Å². The van der Waals surface area contributed by atoms with Crippen LogP contribution >= 0.6 is 15.9 Å². The number of anilines is 1. The first-order chi connectivity index (χ1) is 9.01. The Bertz CT molecular complexity index is 622. The molecule has 0 saturated heterocycles. The van der Waals surface area contributed by atoms with Crippen molar-refractivity contribution in [3.63, 3.8) is 0 Å². The summed E-state index contributed by atoms with van der Waals surface area (Å²) in [6.45, 7) is 1.93. The molecule has 1 N–H and O–H groups in total. The summed E-state index contributed by atoms with van der Waals surface area (Å²) >= 11 is 3.39. The summed E-state index contributed by atoms with van der Waals surface area (Å²) in [5.74, 6) is 0.0742. The molecule has 0 aliphatic heterocycles. The molecule has 2 rings (SSSR count). The molecule has 0 radical (unpaired) electrons. The number of carbonyl (C=O) groups is 1. The number of benzene rings is 1. The Morgan fingerprint density at radius 1 is 1.47 bits per heavy atom. The summed E-state index contributed by atoms with van der Waals surface area (Å²) in [5.41, 5.74) is 2.15. The van der Waals surface area contributed by atoms with Crippen LogP contribution in [0, 0.1) is 6.92 Å². The molecule has 0 saturated carbocycles. The first-order valence-electron chi connectivity index (χ1n) is 5.66. The third-order valence-electron chi connectivity index (χ3n) is 2.67. The Hall–Kier alpha value is -1.82. The van der Waals surface area contributed by atoms with Gasteiger partial charge in [0.2, 0.25) is 5.88 Å². The average molecular weight is 324 g/mol. The van der Waals surface area contributed by atoms with Gasteiger partial charge >= 0.3 is 0 Å². The third kappa shape index (κ3) is 2.96. The van der Waals surface area contributed by atoms with Crippen LogP contribution in [0.1, 0.15) is 15.9 Å². The summed E-state index contributed by atoms with van der Waals surface area (Å²) < 4.78 is 7.59. The molecular weight excluding hydrogens is 310 g/mol. The Kier molecular flexibility index (Phi) is 3.90. The predicted molar refractivity (Wildman–Crippen MR) is 76.6 cm³/mol. The number of nitrogens with one attached hydrogen (secondary N) is 1. The van der Waals surface area contributed by atoms with Crippen molar-refractivity contribution in [3.05, 3.63) is 40.0 Å². The molecule has 0 spiro atoms. The second-order valence-electron chi connectivity index (χ2n) is 4.14. The quantitative estimate of drug-likeness (QED) is 0.944. The maximum Gasteiger partial charge on any atom is 0.262 e. The number of halogens is 1. The summed E-state index contributed by atoms with van der Waals surface area (Å²) in [6.07, 6.45) is 1.63. The van der Waals surface area contributed by atoms with Crippen molar-refractivity contribution in [2.24, 2.45) is 7.05 Å². The lowest BCUT2D eigenvalue weighted by Gasteiger charge is -2.08. The largest absolute Gasteiger partial charge is 0.479 e. The molecule has 0 aliphatic carbocycles. The van der Waals surface area contributed by atoms with Crippen LogP contribution in [0.15, 0.2) is 28.9 Å². The van der Waals surface area contributed by atoms with Gasteiger partial charge < -0.3 is 10.1 Å². The van der Waals surface area contributed by atoms with Crippen molar-refractivity contribution in [1.29, 1.82) is 0 Å². The average Bonchev–Trinajstić information content (AvgIpc) is 2.74. The minimum atomic E-state index is -0.240. The highest BCUT2D eigenvalue weighted by Gasteiger charge is 2.17. The second kappa shape index (κ2) is 5.44. The number of aromatic nitrogens is 2. The van der Waals surface area contributed by atoms with Crippen LogP contribution in [0.25, 0.3) is 0 Å². The molecule has 1 aromatic heterocycles. The van der Waals surface area contributed by atoms with Gasteiger partial charge in [0.05, 0.1) is 7.11 Å². The summed E-state index contributed by atoms with van der Waals surface area (Å²) in [5, 5.41) is 6.90. The normalized spacial score (nSPS) is 10.3. The molecule has 0 aliphatic rings. The highest BCUT2D eigenvalue weighted by molar-refractivity contribution is 9.10. The van der Waals surface area contributed by atoms with E-state index in [9.17, 15) is 4.79 Å². The van der Waals surface area contributed by atoms with Gasteiger partial charge in [0.15, 0.2) is 0 Å². The zero-order chi connectivity index (χ0) is 14.0. The van der Waals surface area contributed by atoms with Crippen LogP contribution in [-0.4, -0.2) is 22.8 Å². The van der Waals surface area contributed by atoms with E-state index < -0.39 is 0 Å². The van der Waals surface area contributed by atoms with Crippen molar-refractivity contribution in [3.8, 4) is 5.88 Å². The van der Waals surface area contributed by atoms with E-state index in [4.69, 9.17) is 4.74 Å². The number of carbonyl (C=O) groups excluding carboxylic acids is 1. The smallest absolute Gasteiger partial charge is 0.262 e. The van der Waals surface area contributed by atoms with Gasteiger partial charge in [-0.2, -0.15) is 0 Å². The van der Waals surface area contributed by atoms with Crippen molar-refractivity contribution >= 4 is 27.5 Å². The molecule has 100 valence electrons. The first-order valence-corrected chi connectivity index (χ1v) is 6.45. The highest BCUT2D eigenvalue weighted by atomic mass is 79.9. The molecule has 6 heteroatoms. The zero-order valence-electron chi connectivity index (χ0n) is 10.9. The number of aryl methyl sites for hydroxylation is 2. The van der Waals surface area contributed by atoms with Crippen LogP contribution in [-0.2, 0) is 7.05 Å². The fourth-order valence-corrected chi connectivity index (χ4v) is 2.21. The molecule has 5 nitrogen and oxygen atoms in total. The molecule has 1 amide bonds. The van der Waals surface area contributed by atoms with E-state index in [0.29, 0.717) is 11.4 Å². The lowest BCUT2D eigenvalue weighted by atomic mass is 10.2. The third-order valence-corrected chi connectivity index (χ3v) is 3.16. The van der Waals surface area contributed by atoms with E-state index in [1.807, 2.05) is 25.1 Å². The minimum absolute atomic E-state index is 0.240. The Morgan fingerprint density at radius 2 is 2.21 bits per heavy atom. The first kappa shape index (κ1) is 13.6. The number of hydrogen-bond acceptors (Lipinski definition) is 3. The molecule has 0 atom stereocenters. The fourth-order valence-electron chi connectivity index (χ4n) is 1.73. The number of methoxy groups -OCH3 is 1. The standard InChI is InChI=1S/C13H14BrN3O2/c1-8-6-9(14)4-5-11(8)15-12(18)10-7-17(2)16-13(10)19-3/h4-7H,1-3H3,(H,15,18). The topological polar surface area (TPSA) is 56.2 Å². The molecule has 19 heavy (non-hydrogen) atoms. The number of amides is 1. The molecule has 0 unspecified atom stereocenters. The van der Waals surface area contributed by atoms with Gasteiger partial charge in [-0.1, -0.05) is 15.9 Å². The van der Waals surface area contributed by atoms with Crippen LogP contribution in [0.3, 0.4) is 0 Å². The van der Waals surface area contributed by atoms with Crippen molar-refractivity contribution in [2.75, 3.05) is 12.4 Å². The Morgan fingerprint density at radius 3 is 2.84 bits per heavy atom. The molecular formula is C13H14BrN3O2. The minimum Gasteiger partial charge on any atom is -0.479 e. The number of hydrogen-bond donors (Lipinski definition) is 1. The lowest BCUT2D eigenvalue weighted by molar-refractivity contribution is 0.102. The summed E-state index contributed by atoms with van der Waals surface area (Å²) in [4.78, 5) is 12.2. The monoisotopic (exact) mass is 323 g/mol. The maximum atomic E-state index is 12.2. The SMILES string of the molecule is COc1nn(C)cc1C(=O)Nc1ccc(Br)cc1C. The van der Waals surface area contributed by atoms with Gasteiger partial charge in [0, 0.05) is 23.4 Å². The van der Waals surface area contributed by atoms with Crippen LogP contribution in [0.2, 0.25) is 0 Å². The van der Waals surface area contributed by atoms with Gasteiger partial charge in [-0.05, 0) is 30.7 Å². The van der Waals surface area contributed by atoms with Gasteiger partial charge in [0.25, 0.3) is 5.91 Å². The summed E-state index contributed by atoms with van der Waals surface area (Å²) in [7, 11) is 3.23. The van der Waals surface area contributed by atoms with E-state index in [0.717, 1.165) is 15.7 Å².